The van der Waals surface area contributed by atoms with Crippen LogP contribution in [-0.4, -0.2) is 25.2 Å². The second kappa shape index (κ2) is 9.66. The number of carbonyl (C=O) groups is 1. The van der Waals surface area contributed by atoms with Crippen molar-refractivity contribution in [1.82, 2.24) is 4.31 Å². The summed E-state index contributed by atoms with van der Waals surface area (Å²) in [6.45, 7) is 4.30. The largest absolute Gasteiger partial charge is 0.269 e. The Morgan fingerprint density at radius 2 is 1.50 bits per heavy atom. The molecule has 172 valence electrons. The lowest BCUT2D eigenvalue weighted by molar-refractivity contribution is -0.632. The van der Waals surface area contributed by atoms with Crippen molar-refractivity contribution in [3.8, 4) is 12.3 Å². The van der Waals surface area contributed by atoms with Crippen molar-refractivity contribution < 1.29 is 17.8 Å². The number of terminal acetylenes is 1. The molecule has 0 saturated carbocycles. The van der Waals surface area contributed by atoms with Gasteiger partial charge in [0.2, 0.25) is 17.6 Å². The third kappa shape index (κ3) is 4.15. The Hall–Kier alpha value is -3.69. The predicted molar refractivity (Wildman–Crippen MR) is 135 cm³/mol. The van der Waals surface area contributed by atoms with Gasteiger partial charge < -0.3 is 0 Å². The van der Waals surface area contributed by atoms with E-state index in [0.29, 0.717) is 29.3 Å². The van der Waals surface area contributed by atoms with E-state index in [1.54, 1.807) is 24.3 Å². The molecule has 0 radical (unpaired) electrons. The molecular formula is C28H27N2O3S+. The van der Waals surface area contributed by atoms with Gasteiger partial charge >= 0.3 is 0 Å². The summed E-state index contributed by atoms with van der Waals surface area (Å²) in [7, 11) is -4.05. The molecule has 5 nitrogen and oxygen atoms in total. The monoisotopic (exact) mass is 471 g/mol. The quantitative estimate of drug-likeness (QED) is 0.220. The van der Waals surface area contributed by atoms with Crippen LogP contribution in [0.25, 0.3) is 21.8 Å². The summed E-state index contributed by atoms with van der Waals surface area (Å²) in [6, 6.07) is 21.6. The van der Waals surface area contributed by atoms with E-state index >= 15 is 0 Å². The van der Waals surface area contributed by atoms with Gasteiger partial charge in [0.1, 0.15) is 0 Å². The molecule has 0 atom stereocenters. The van der Waals surface area contributed by atoms with Crippen LogP contribution < -0.4 is 4.57 Å². The summed E-state index contributed by atoms with van der Waals surface area (Å²) < 4.78 is 30.4. The maximum atomic E-state index is 14.1. The first-order valence-electron chi connectivity index (χ1n) is 11.3. The Balaban J connectivity index is 1.99. The van der Waals surface area contributed by atoms with Crippen LogP contribution >= 0.6 is 0 Å². The first-order valence-corrected chi connectivity index (χ1v) is 12.7. The smallest absolute Gasteiger partial charge is 0.268 e. The van der Waals surface area contributed by atoms with Crippen molar-refractivity contribution in [2.75, 3.05) is 6.54 Å². The Labute approximate surface area is 200 Å². The molecule has 34 heavy (non-hydrogen) atoms. The van der Waals surface area contributed by atoms with Crippen molar-refractivity contribution >= 4 is 37.7 Å². The van der Waals surface area contributed by atoms with Crippen LogP contribution in [-0.2, 0) is 16.6 Å². The molecule has 0 saturated heterocycles. The number of aryl methyl sites for hydroxylation is 1. The van der Waals surface area contributed by atoms with E-state index < -0.39 is 15.9 Å². The number of fused-ring (bicyclic) bond motifs is 2. The molecule has 6 heteroatoms. The van der Waals surface area contributed by atoms with Gasteiger partial charge in [-0.2, -0.15) is 4.57 Å². The molecule has 1 heterocycles. The van der Waals surface area contributed by atoms with Gasteiger partial charge in [-0.1, -0.05) is 55.3 Å². The minimum Gasteiger partial charge on any atom is -0.268 e. The van der Waals surface area contributed by atoms with Gasteiger partial charge in [0.05, 0.1) is 21.2 Å². The Morgan fingerprint density at radius 1 is 0.941 bits per heavy atom. The topological polar surface area (TPSA) is 58.3 Å². The first-order chi connectivity index (χ1) is 16.4. The molecule has 0 bridgehead atoms. The summed E-state index contributed by atoms with van der Waals surface area (Å²) in [6.07, 6.45) is 6.97. The number of para-hydroxylation sites is 2. The van der Waals surface area contributed by atoms with E-state index in [0.717, 1.165) is 27.3 Å². The molecule has 1 aromatic heterocycles. The SMILES string of the molecule is C#CC[n+]1c2ccccc2c(C(=O)N(CCCC)S(=O)(=O)c2ccc(C)cc2)c2ccccc21. The minimum absolute atomic E-state index is 0.105. The van der Waals surface area contributed by atoms with Gasteiger partial charge in [-0.3, -0.25) is 4.79 Å². The zero-order chi connectivity index (χ0) is 24.3. The number of rotatable bonds is 7. The van der Waals surface area contributed by atoms with E-state index in [4.69, 9.17) is 6.42 Å². The summed E-state index contributed by atoms with van der Waals surface area (Å²) in [5, 5.41) is 1.34. The van der Waals surface area contributed by atoms with E-state index in [-0.39, 0.29) is 11.4 Å². The van der Waals surface area contributed by atoms with Crippen LogP contribution in [0.5, 0.6) is 0 Å². The number of amides is 1. The fourth-order valence-electron chi connectivity index (χ4n) is 4.20. The standard InChI is InChI=1S/C28H27N2O3S/c1-4-6-20-30(34(32,33)22-17-15-21(3)16-18-22)28(31)27-23-11-7-9-13-25(23)29(19-5-2)26-14-10-8-12-24(26)27/h2,7-18H,4,6,19-20H2,1,3H3/q+1. The molecular weight excluding hydrogens is 444 g/mol. The van der Waals surface area contributed by atoms with Gasteiger partial charge in [-0.05, 0) is 43.5 Å². The van der Waals surface area contributed by atoms with Crippen LogP contribution in [0.4, 0.5) is 0 Å². The molecule has 3 aromatic carbocycles. The zero-order valence-electron chi connectivity index (χ0n) is 19.4. The minimum atomic E-state index is -4.05. The highest BCUT2D eigenvalue weighted by atomic mass is 32.2. The maximum absolute atomic E-state index is 14.1. The molecule has 0 fully saturated rings. The lowest BCUT2D eigenvalue weighted by Gasteiger charge is -2.23. The third-order valence-corrected chi connectivity index (χ3v) is 7.74. The second-order valence-corrected chi connectivity index (χ2v) is 10.1. The van der Waals surface area contributed by atoms with Gasteiger partial charge in [0, 0.05) is 18.7 Å². The number of aromatic nitrogens is 1. The molecule has 1 amide bonds. The number of nitrogens with zero attached hydrogens (tertiary/aromatic N) is 2. The predicted octanol–water partition coefficient (Wildman–Crippen LogP) is 4.85. The fourth-order valence-corrected chi connectivity index (χ4v) is 5.62. The fraction of sp³-hybridized carbons (Fsp3) is 0.214. The summed E-state index contributed by atoms with van der Waals surface area (Å²) in [4.78, 5) is 14.2. The number of benzene rings is 3. The highest BCUT2D eigenvalue weighted by Gasteiger charge is 2.33. The molecule has 0 aliphatic rings. The first kappa shape index (κ1) is 23.5. The van der Waals surface area contributed by atoms with Crippen molar-refractivity contribution in [2.45, 2.75) is 38.1 Å². The Morgan fingerprint density at radius 3 is 2.03 bits per heavy atom. The summed E-state index contributed by atoms with van der Waals surface area (Å²) in [5.74, 6) is 2.16. The zero-order valence-corrected chi connectivity index (χ0v) is 20.2. The van der Waals surface area contributed by atoms with Gasteiger partial charge in [-0.15, -0.1) is 6.42 Å². The molecule has 0 unspecified atom stereocenters. The van der Waals surface area contributed by atoms with Crippen LogP contribution in [0.15, 0.2) is 77.7 Å². The molecule has 0 N–H and O–H groups in total. The van der Waals surface area contributed by atoms with Crippen molar-refractivity contribution in [2.24, 2.45) is 0 Å². The van der Waals surface area contributed by atoms with Crippen molar-refractivity contribution in [3.63, 3.8) is 0 Å². The Bertz CT molecular complexity index is 1460. The van der Waals surface area contributed by atoms with Gasteiger partial charge in [0.25, 0.3) is 15.9 Å². The number of pyridine rings is 1. The van der Waals surface area contributed by atoms with Gasteiger partial charge in [-0.25, -0.2) is 12.7 Å². The maximum Gasteiger partial charge on any atom is 0.269 e. The molecule has 4 rings (SSSR count). The van der Waals surface area contributed by atoms with Crippen LogP contribution in [0, 0.1) is 19.3 Å². The average Bonchev–Trinajstić information content (AvgIpc) is 2.84. The lowest BCUT2D eigenvalue weighted by Crippen LogP contribution is -2.40. The average molecular weight is 472 g/mol. The van der Waals surface area contributed by atoms with Crippen LogP contribution in [0.1, 0.15) is 35.7 Å². The number of sulfonamides is 1. The van der Waals surface area contributed by atoms with E-state index in [2.05, 4.69) is 5.92 Å². The molecule has 0 aliphatic carbocycles. The summed E-state index contributed by atoms with van der Waals surface area (Å²) in [5.41, 5.74) is 2.88. The molecule has 0 aliphatic heterocycles. The van der Waals surface area contributed by atoms with E-state index in [9.17, 15) is 13.2 Å². The normalized spacial score (nSPS) is 11.4. The number of unbranched alkanes of at least 4 members (excludes halogenated alkanes) is 1. The van der Waals surface area contributed by atoms with Crippen LogP contribution in [0.3, 0.4) is 0 Å². The van der Waals surface area contributed by atoms with E-state index in [1.165, 1.54) is 0 Å². The highest BCUT2D eigenvalue weighted by Crippen LogP contribution is 2.29. The third-order valence-electron chi connectivity index (χ3n) is 5.94. The van der Waals surface area contributed by atoms with E-state index in [1.807, 2.05) is 66.9 Å². The second-order valence-electron chi connectivity index (χ2n) is 8.25. The number of carbonyl (C=O) groups excluding carboxylic acids is 1. The Kier molecular flexibility index (Phi) is 6.67. The molecule has 4 aromatic rings. The van der Waals surface area contributed by atoms with Crippen LogP contribution in [0.2, 0.25) is 0 Å². The molecule has 0 spiro atoms. The highest BCUT2D eigenvalue weighted by molar-refractivity contribution is 7.89. The van der Waals surface area contributed by atoms with Gasteiger partial charge in [0.15, 0.2) is 0 Å². The van der Waals surface area contributed by atoms with Crippen molar-refractivity contribution in [3.05, 3.63) is 83.9 Å². The lowest BCUT2D eigenvalue weighted by atomic mass is 10.0. The number of hydrogen-bond acceptors (Lipinski definition) is 3. The number of hydrogen-bond donors (Lipinski definition) is 0. The van der Waals surface area contributed by atoms with Crippen molar-refractivity contribution in [1.29, 1.82) is 0 Å². The summed E-state index contributed by atoms with van der Waals surface area (Å²) >= 11 is 0.